The van der Waals surface area contributed by atoms with Crippen LogP contribution in [0.15, 0.2) is 30.3 Å². The summed E-state index contributed by atoms with van der Waals surface area (Å²) in [6.45, 7) is 10.3. The van der Waals surface area contributed by atoms with Crippen molar-refractivity contribution in [3.63, 3.8) is 0 Å². The number of hydrogen-bond donors (Lipinski definition) is 1. The zero-order chi connectivity index (χ0) is 12.7. The molecule has 1 aromatic carbocycles. The van der Waals surface area contributed by atoms with Crippen LogP contribution in [0, 0.1) is 5.92 Å². The highest BCUT2D eigenvalue weighted by Gasteiger charge is 2.17. The standard InChI is InChI=1S/C16H27N/c1-5-14(2)13-17-16(3,4)12-11-15-9-7-6-8-10-15/h6-10,14,17H,5,11-13H2,1-4H3. The third-order valence-corrected chi connectivity index (χ3v) is 3.51. The minimum absolute atomic E-state index is 0.235. The molecule has 0 amide bonds. The van der Waals surface area contributed by atoms with Crippen molar-refractivity contribution in [2.75, 3.05) is 6.54 Å². The van der Waals surface area contributed by atoms with E-state index in [1.54, 1.807) is 0 Å². The van der Waals surface area contributed by atoms with Crippen molar-refractivity contribution in [2.24, 2.45) is 5.92 Å². The van der Waals surface area contributed by atoms with Gasteiger partial charge in [-0.25, -0.2) is 0 Å². The maximum absolute atomic E-state index is 3.68. The summed E-state index contributed by atoms with van der Waals surface area (Å²) < 4.78 is 0. The van der Waals surface area contributed by atoms with Gasteiger partial charge < -0.3 is 5.32 Å². The SMILES string of the molecule is CCC(C)CNC(C)(C)CCc1ccccc1. The van der Waals surface area contributed by atoms with Gasteiger partial charge in [0.05, 0.1) is 0 Å². The van der Waals surface area contributed by atoms with Crippen molar-refractivity contribution in [3.8, 4) is 0 Å². The largest absolute Gasteiger partial charge is 0.312 e. The first-order valence-corrected chi connectivity index (χ1v) is 6.82. The molecule has 1 aromatic rings. The number of nitrogens with one attached hydrogen (secondary N) is 1. The number of benzene rings is 1. The summed E-state index contributed by atoms with van der Waals surface area (Å²) in [7, 11) is 0. The summed E-state index contributed by atoms with van der Waals surface area (Å²) in [6, 6.07) is 10.7. The lowest BCUT2D eigenvalue weighted by Gasteiger charge is -2.28. The summed E-state index contributed by atoms with van der Waals surface area (Å²) in [6.07, 6.45) is 3.59. The smallest absolute Gasteiger partial charge is 0.0128 e. The first-order chi connectivity index (χ1) is 8.03. The van der Waals surface area contributed by atoms with Gasteiger partial charge in [0, 0.05) is 5.54 Å². The quantitative estimate of drug-likeness (QED) is 0.749. The van der Waals surface area contributed by atoms with Crippen molar-refractivity contribution < 1.29 is 0 Å². The zero-order valence-corrected chi connectivity index (χ0v) is 11.8. The van der Waals surface area contributed by atoms with E-state index in [-0.39, 0.29) is 5.54 Å². The Hall–Kier alpha value is -0.820. The molecule has 0 saturated heterocycles. The molecule has 1 heteroatoms. The second-order valence-corrected chi connectivity index (χ2v) is 5.76. The first-order valence-electron chi connectivity index (χ1n) is 6.82. The molecule has 0 aliphatic carbocycles. The summed E-state index contributed by atoms with van der Waals surface area (Å²) in [5.74, 6) is 0.769. The Morgan fingerprint density at radius 2 is 1.82 bits per heavy atom. The molecular formula is C16H27N. The number of aryl methyl sites for hydroxylation is 1. The van der Waals surface area contributed by atoms with E-state index in [1.165, 1.54) is 18.4 Å². The van der Waals surface area contributed by atoms with Crippen LogP contribution in [0.3, 0.4) is 0 Å². The van der Waals surface area contributed by atoms with Gasteiger partial charge in [0.15, 0.2) is 0 Å². The molecule has 96 valence electrons. The van der Waals surface area contributed by atoms with E-state index in [0.717, 1.165) is 18.9 Å². The monoisotopic (exact) mass is 233 g/mol. The molecule has 0 aromatic heterocycles. The average molecular weight is 233 g/mol. The minimum Gasteiger partial charge on any atom is -0.312 e. The van der Waals surface area contributed by atoms with E-state index >= 15 is 0 Å². The van der Waals surface area contributed by atoms with Crippen LogP contribution in [0.25, 0.3) is 0 Å². The first kappa shape index (κ1) is 14.2. The van der Waals surface area contributed by atoms with Gasteiger partial charge >= 0.3 is 0 Å². The zero-order valence-electron chi connectivity index (χ0n) is 11.8. The van der Waals surface area contributed by atoms with Gasteiger partial charge in [-0.2, -0.15) is 0 Å². The van der Waals surface area contributed by atoms with Gasteiger partial charge in [0.2, 0.25) is 0 Å². The molecule has 0 aliphatic heterocycles. The van der Waals surface area contributed by atoms with Gasteiger partial charge in [-0.3, -0.25) is 0 Å². The Morgan fingerprint density at radius 1 is 1.18 bits per heavy atom. The molecular weight excluding hydrogens is 206 g/mol. The van der Waals surface area contributed by atoms with Crippen LogP contribution in [0.1, 0.15) is 46.1 Å². The molecule has 1 nitrogen and oxygen atoms in total. The van der Waals surface area contributed by atoms with Crippen LogP contribution >= 0.6 is 0 Å². The van der Waals surface area contributed by atoms with Crippen molar-refractivity contribution in [3.05, 3.63) is 35.9 Å². The number of hydrogen-bond acceptors (Lipinski definition) is 1. The molecule has 17 heavy (non-hydrogen) atoms. The highest BCUT2D eigenvalue weighted by molar-refractivity contribution is 5.15. The number of rotatable bonds is 7. The van der Waals surface area contributed by atoms with E-state index in [1.807, 2.05) is 0 Å². The van der Waals surface area contributed by atoms with Crippen LogP contribution in [-0.4, -0.2) is 12.1 Å². The topological polar surface area (TPSA) is 12.0 Å². The second-order valence-electron chi connectivity index (χ2n) is 5.76. The van der Waals surface area contributed by atoms with E-state index in [2.05, 4.69) is 63.3 Å². The molecule has 0 aliphatic rings. The average Bonchev–Trinajstić information content (AvgIpc) is 2.35. The fraction of sp³-hybridized carbons (Fsp3) is 0.625. The molecule has 1 atom stereocenters. The van der Waals surface area contributed by atoms with Crippen LogP contribution in [-0.2, 0) is 6.42 Å². The van der Waals surface area contributed by atoms with Crippen LogP contribution in [0.5, 0.6) is 0 Å². The molecule has 0 saturated carbocycles. The van der Waals surface area contributed by atoms with Crippen LogP contribution in [0.4, 0.5) is 0 Å². The highest BCUT2D eigenvalue weighted by atomic mass is 14.9. The fourth-order valence-electron chi connectivity index (χ4n) is 1.78. The minimum atomic E-state index is 0.235. The molecule has 0 fully saturated rings. The Kier molecular flexibility index (Phi) is 5.70. The second kappa shape index (κ2) is 6.80. The van der Waals surface area contributed by atoms with E-state index < -0.39 is 0 Å². The summed E-state index contributed by atoms with van der Waals surface area (Å²) in [5, 5.41) is 3.68. The van der Waals surface area contributed by atoms with Gasteiger partial charge in [-0.05, 0) is 44.7 Å². The predicted molar refractivity (Wildman–Crippen MR) is 76.3 cm³/mol. The third-order valence-electron chi connectivity index (χ3n) is 3.51. The summed E-state index contributed by atoms with van der Waals surface area (Å²) in [4.78, 5) is 0. The molecule has 0 heterocycles. The van der Waals surface area contributed by atoms with Gasteiger partial charge in [-0.1, -0.05) is 50.6 Å². The maximum Gasteiger partial charge on any atom is 0.0128 e. The highest BCUT2D eigenvalue weighted by Crippen LogP contribution is 2.14. The molecule has 0 bridgehead atoms. The van der Waals surface area contributed by atoms with E-state index in [0.29, 0.717) is 0 Å². The maximum atomic E-state index is 3.68. The lowest BCUT2D eigenvalue weighted by Crippen LogP contribution is -2.41. The Bertz CT molecular complexity index is 303. The molecule has 0 spiro atoms. The predicted octanol–water partition coefficient (Wildman–Crippen LogP) is 4.03. The molecule has 1 rings (SSSR count). The van der Waals surface area contributed by atoms with Crippen LogP contribution < -0.4 is 5.32 Å². The van der Waals surface area contributed by atoms with E-state index in [9.17, 15) is 0 Å². The Labute approximate surface area is 107 Å². The normalized spacial score (nSPS) is 13.6. The van der Waals surface area contributed by atoms with Crippen LogP contribution in [0.2, 0.25) is 0 Å². The summed E-state index contributed by atoms with van der Waals surface area (Å²) >= 11 is 0. The molecule has 0 radical (unpaired) electrons. The molecule has 1 N–H and O–H groups in total. The van der Waals surface area contributed by atoms with Crippen molar-refractivity contribution >= 4 is 0 Å². The lowest BCUT2D eigenvalue weighted by molar-refractivity contribution is 0.332. The summed E-state index contributed by atoms with van der Waals surface area (Å²) in [5.41, 5.74) is 1.67. The van der Waals surface area contributed by atoms with E-state index in [4.69, 9.17) is 0 Å². The Morgan fingerprint density at radius 3 is 2.41 bits per heavy atom. The van der Waals surface area contributed by atoms with Crippen molar-refractivity contribution in [1.82, 2.24) is 5.32 Å². The van der Waals surface area contributed by atoms with Gasteiger partial charge in [-0.15, -0.1) is 0 Å². The Balaban J connectivity index is 2.34. The van der Waals surface area contributed by atoms with Gasteiger partial charge in [0.25, 0.3) is 0 Å². The van der Waals surface area contributed by atoms with Crippen molar-refractivity contribution in [2.45, 2.75) is 52.5 Å². The van der Waals surface area contributed by atoms with Gasteiger partial charge in [0.1, 0.15) is 0 Å². The molecule has 1 unspecified atom stereocenters. The van der Waals surface area contributed by atoms with Crippen molar-refractivity contribution in [1.29, 1.82) is 0 Å². The third kappa shape index (κ3) is 5.88. The lowest BCUT2D eigenvalue weighted by atomic mass is 9.94. The fourth-order valence-corrected chi connectivity index (χ4v) is 1.78.